The Hall–Kier alpha value is -6.78. The fourth-order valence-electron chi connectivity index (χ4n) is 8.87. The standard InChI is InChI=1S/C54H40N4.Zn/c1-9-37-13-11-15-39(29-37)51-41-17-21-45(55-41)53(49-33(5)25-31(3)26-34(49)6)47-23-19-43(57-47)52(40-16-12-14-38(10-2)30-40)44-20-24-48(58-44)54(46-22-18-42(51)56-46)50-35(7)27-32(4)28-36(50)8;/h1-2,11-30H,3-8H3;/q-2;+2. The molecule has 0 radical (unpaired) electrons. The van der Waals surface area contributed by atoms with Crippen molar-refractivity contribution in [2.45, 2.75) is 41.5 Å². The summed E-state index contributed by atoms with van der Waals surface area (Å²) in [6, 6.07) is 33.4. The predicted molar refractivity (Wildman–Crippen MR) is 243 cm³/mol. The van der Waals surface area contributed by atoms with Gasteiger partial charge in [-0.3, -0.25) is 0 Å². The molecule has 59 heavy (non-hydrogen) atoms. The van der Waals surface area contributed by atoms with Crippen LogP contribution in [0.5, 0.6) is 0 Å². The molecule has 0 aliphatic carbocycles. The summed E-state index contributed by atoms with van der Waals surface area (Å²) in [4.78, 5) is 21.8. The molecule has 0 spiro atoms. The largest absolute Gasteiger partial charge is 2.00 e. The van der Waals surface area contributed by atoms with Crippen LogP contribution in [0.4, 0.5) is 0 Å². The fourth-order valence-corrected chi connectivity index (χ4v) is 8.87. The van der Waals surface area contributed by atoms with Crippen LogP contribution in [0.15, 0.2) is 97.1 Å². The number of aryl methyl sites for hydroxylation is 6. The van der Waals surface area contributed by atoms with Crippen molar-refractivity contribution in [3.63, 3.8) is 0 Å². The summed E-state index contributed by atoms with van der Waals surface area (Å²) in [5, 5.41) is 0. The van der Waals surface area contributed by atoms with E-state index >= 15 is 0 Å². The molecule has 4 nitrogen and oxygen atoms in total. The normalized spacial score (nSPS) is 11.6. The van der Waals surface area contributed by atoms with Gasteiger partial charge in [0.15, 0.2) is 0 Å². The minimum atomic E-state index is 0. The predicted octanol–water partition coefficient (Wildman–Crippen LogP) is 12.4. The van der Waals surface area contributed by atoms with Gasteiger partial charge in [0, 0.05) is 11.1 Å². The average molecular weight is 810 g/mol. The molecule has 0 unspecified atom stereocenters. The minimum Gasteiger partial charge on any atom is -0.657 e. The molecule has 9 rings (SSSR count). The molecule has 0 saturated heterocycles. The van der Waals surface area contributed by atoms with Crippen molar-refractivity contribution in [2.75, 3.05) is 0 Å². The van der Waals surface area contributed by atoms with Gasteiger partial charge in [0.05, 0.1) is 22.8 Å². The first kappa shape index (κ1) is 39.1. The minimum absolute atomic E-state index is 0. The van der Waals surface area contributed by atoms with Crippen LogP contribution in [-0.2, 0) is 19.5 Å². The second kappa shape index (κ2) is 15.5. The van der Waals surface area contributed by atoms with E-state index < -0.39 is 0 Å². The Bertz CT molecular complexity index is 2950. The van der Waals surface area contributed by atoms with Crippen molar-refractivity contribution in [1.29, 1.82) is 0 Å². The number of fused-ring (bicyclic) bond motifs is 8. The maximum Gasteiger partial charge on any atom is 2.00 e. The summed E-state index contributed by atoms with van der Waals surface area (Å²) in [5.74, 6) is 5.66. The Balaban J connectivity index is 0.00000484. The molecule has 278 valence electrons. The molecule has 5 heteroatoms. The zero-order valence-corrected chi connectivity index (χ0v) is 37.2. The van der Waals surface area contributed by atoms with Gasteiger partial charge in [0.1, 0.15) is 0 Å². The molecule has 8 bridgehead atoms. The van der Waals surface area contributed by atoms with E-state index in [0.29, 0.717) is 0 Å². The van der Waals surface area contributed by atoms with E-state index in [9.17, 15) is 0 Å². The average Bonchev–Trinajstić information content (AvgIpc) is 4.04. The van der Waals surface area contributed by atoms with Crippen molar-refractivity contribution >= 4 is 46.4 Å². The fraction of sp³-hybridized carbons (Fsp3) is 0.111. The van der Waals surface area contributed by atoms with Crippen molar-refractivity contribution in [3.05, 3.63) is 164 Å². The van der Waals surface area contributed by atoms with E-state index in [1.807, 2.05) is 36.4 Å². The molecule has 2 aliphatic rings. The van der Waals surface area contributed by atoms with Gasteiger partial charge in [-0.2, -0.15) is 0 Å². The smallest absolute Gasteiger partial charge is 0.657 e. The van der Waals surface area contributed by atoms with E-state index in [2.05, 4.69) is 138 Å². The van der Waals surface area contributed by atoms with Gasteiger partial charge in [0.2, 0.25) is 0 Å². The topological polar surface area (TPSA) is 54.0 Å². The molecule has 3 aromatic heterocycles. The molecular formula is C54H40N4Zn. The number of nitrogens with zero attached hydrogens (tertiary/aromatic N) is 4. The van der Waals surface area contributed by atoms with Gasteiger partial charge in [-0.05, 0) is 157 Å². The second-order valence-electron chi connectivity index (χ2n) is 15.4. The monoisotopic (exact) mass is 808 g/mol. The van der Waals surface area contributed by atoms with E-state index in [1.165, 1.54) is 11.1 Å². The first-order valence-corrected chi connectivity index (χ1v) is 19.5. The summed E-state index contributed by atoms with van der Waals surface area (Å²) >= 11 is 0. The Morgan fingerprint density at radius 2 is 0.729 bits per heavy atom. The summed E-state index contributed by atoms with van der Waals surface area (Å²) in [6.07, 6.45) is 20.3. The number of hydrogen-bond acceptors (Lipinski definition) is 2. The molecule has 0 fully saturated rings. The zero-order chi connectivity index (χ0) is 40.2. The van der Waals surface area contributed by atoms with E-state index in [-0.39, 0.29) is 19.5 Å². The first-order valence-electron chi connectivity index (χ1n) is 19.5. The van der Waals surface area contributed by atoms with Crippen LogP contribution in [0.2, 0.25) is 0 Å². The Labute approximate surface area is 359 Å². The summed E-state index contributed by atoms with van der Waals surface area (Å²) in [6.45, 7) is 12.9. The maximum atomic E-state index is 5.96. The van der Waals surface area contributed by atoms with Crippen LogP contribution in [0, 0.1) is 66.2 Å². The third-order valence-electron chi connectivity index (χ3n) is 11.1. The molecule has 2 aliphatic heterocycles. The molecule has 4 aromatic carbocycles. The molecule has 0 amide bonds. The van der Waals surface area contributed by atoms with Gasteiger partial charge < -0.3 is 9.97 Å². The summed E-state index contributed by atoms with van der Waals surface area (Å²) < 4.78 is 0. The Morgan fingerprint density at radius 3 is 1.07 bits per heavy atom. The van der Waals surface area contributed by atoms with Crippen molar-refractivity contribution < 1.29 is 19.5 Å². The zero-order valence-electron chi connectivity index (χ0n) is 34.2. The Morgan fingerprint density at radius 1 is 0.407 bits per heavy atom. The van der Waals surface area contributed by atoms with E-state index in [1.54, 1.807) is 0 Å². The molecule has 0 saturated carbocycles. The Kier molecular flexibility index (Phi) is 10.3. The molecular weight excluding hydrogens is 770 g/mol. The maximum absolute atomic E-state index is 5.96. The molecule has 7 aromatic rings. The molecule has 0 atom stereocenters. The second-order valence-corrected chi connectivity index (χ2v) is 15.4. The van der Waals surface area contributed by atoms with Crippen molar-refractivity contribution in [1.82, 2.24) is 19.9 Å². The van der Waals surface area contributed by atoms with Crippen molar-refractivity contribution in [2.24, 2.45) is 0 Å². The van der Waals surface area contributed by atoms with E-state index in [4.69, 9.17) is 32.8 Å². The number of hydrogen-bond donors (Lipinski definition) is 0. The van der Waals surface area contributed by atoms with Crippen LogP contribution >= 0.6 is 0 Å². The van der Waals surface area contributed by atoms with Gasteiger partial charge in [-0.25, -0.2) is 9.97 Å². The van der Waals surface area contributed by atoms with Crippen molar-refractivity contribution in [3.8, 4) is 69.2 Å². The van der Waals surface area contributed by atoms with Crippen LogP contribution in [0.25, 0.3) is 90.9 Å². The molecule has 5 heterocycles. The van der Waals surface area contributed by atoms with E-state index in [0.717, 1.165) is 123 Å². The van der Waals surface area contributed by atoms with Gasteiger partial charge in [-0.1, -0.05) is 95.8 Å². The third-order valence-corrected chi connectivity index (χ3v) is 11.1. The SMILES string of the molecule is C#Cc1cccc(-c2c3nc(c(-c4c(C)cc(C)cc4C)c4ccc([n-]4)c(-c4cccc(C#C)c4)c4nc(c(-c5c(C)cc(C)cc5C)c5ccc2[n-]5)C=C4)C=C3)c1.[Zn+2]. The van der Waals surface area contributed by atoms with Crippen LogP contribution < -0.4 is 9.97 Å². The van der Waals surface area contributed by atoms with Gasteiger partial charge in [0.25, 0.3) is 0 Å². The quantitative estimate of drug-likeness (QED) is 0.131. The summed E-state index contributed by atoms with van der Waals surface area (Å²) in [5.41, 5.74) is 22.9. The third kappa shape index (κ3) is 6.99. The van der Waals surface area contributed by atoms with Crippen LogP contribution in [-0.4, -0.2) is 9.97 Å². The number of benzene rings is 4. The number of rotatable bonds is 4. The van der Waals surface area contributed by atoms with Gasteiger partial charge in [-0.15, -0.1) is 34.9 Å². The molecule has 0 N–H and O–H groups in total. The first-order chi connectivity index (χ1) is 28.1. The summed E-state index contributed by atoms with van der Waals surface area (Å²) in [7, 11) is 0. The number of aromatic nitrogens is 4. The van der Waals surface area contributed by atoms with Crippen LogP contribution in [0.1, 0.15) is 67.3 Å². The number of terminal acetylenes is 2. The van der Waals surface area contributed by atoms with Crippen LogP contribution in [0.3, 0.4) is 0 Å². The van der Waals surface area contributed by atoms with Gasteiger partial charge >= 0.3 is 19.5 Å².